The van der Waals surface area contributed by atoms with Gasteiger partial charge in [0, 0.05) is 16.2 Å². The van der Waals surface area contributed by atoms with E-state index in [0.717, 1.165) is 5.46 Å². The number of hydrogen-bond acceptors (Lipinski definition) is 2. The molecule has 9 rings (SSSR count). The van der Waals surface area contributed by atoms with Crippen LogP contribution >= 0.6 is 0 Å². The molecule has 1 aromatic heterocycles. The summed E-state index contributed by atoms with van der Waals surface area (Å²) in [6.45, 7) is 13.3. The second-order valence-electron chi connectivity index (χ2n) is 14.4. The van der Waals surface area contributed by atoms with Gasteiger partial charge in [-0.2, -0.15) is 0 Å². The number of hydrogen-bond donors (Lipinski definition) is 0. The fraction of sp³-hybridized carbons (Fsp3) is 0.250. The number of aromatic nitrogens is 1. The molecule has 0 radical (unpaired) electrons. The first-order valence-electron chi connectivity index (χ1n) is 15.8. The summed E-state index contributed by atoms with van der Waals surface area (Å²) >= 11 is 0. The quantitative estimate of drug-likeness (QED) is 0.184. The molecule has 1 unspecified atom stereocenters. The highest BCUT2D eigenvalue weighted by Gasteiger charge is 2.57. The monoisotopic (exact) mass is 573 g/mol. The van der Waals surface area contributed by atoms with Gasteiger partial charge in [-0.25, -0.2) is 0 Å². The predicted molar refractivity (Wildman–Crippen MR) is 180 cm³/mol. The number of nitrogens with zero attached hydrogens (tertiary/aromatic N) is 1. The Morgan fingerprint density at radius 1 is 0.523 bits per heavy atom. The molecule has 0 amide bonds. The molecule has 0 N–H and O–H groups in total. The molecule has 216 valence electrons. The van der Waals surface area contributed by atoms with Gasteiger partial charge in [0.15, 0.2) is 0 Å². The van der Waals surface area contributed by atoms with Crippen molar-refractivity contribution in [3.05, 3.63) is 143 Å². The lowest BCUT2D eigenvalue weighted by Crippen LogP contribution is -2.49. The molecule has 1 aliphatic carbocycles. The minimum atomic E-state index is -0.526. The van der Waals surface area contributed by atoms with E-state index in [1.807, 2.05) is 0 Å². The van der Waals surface area contributed by atoms with Gasteiger partial charge in [0.1, 0.15) is 0 Å². The van der Waals surface area contributed by atoms with Crippen LogP contribution in [0, 0.1) is 0 Å². The minimum Gasteiger partial charge on any atom is -0.399 e. The fourth-order valence-corrected chi connectivity index (χ4v) is 8.66. The summed E-state index contributed by atoms with van der Waals surface area (Å²) in [5.74, 6) is 0. The molecule has 1 spiro atoms. The molecule has 3 aliphatic rings. The van der Waals surface area contributed by atoms with Crippen LogP contribution in [0.1, 0.15) is 74.9 Å². The first-order chi connectivity index (χ1) is 21.1. The molecule has 0 saturated carbocycles. The van der Waals surface area contributed by atoms with Crippen molar-refractivity contribution < 1.29 is 9.31 Å². The molecule has 1 saturated heterocycles. The van der Waals surface area contributed by atoms with E-state index in [4.69, 9.17) is 9.31 Å². The molecule has 5 aromatic carbocycles. The standard InChI is InChI=1S/C40H36BNO2/c1-37(2)27-17-8-9-18-28(27)40(30-20-14-22-32(35(30)37)41-43-38(3,4)39(5,6)44-41)29-19-10-12-24-34(29)42-33-23-11-7-15-25(33)26-16-13-21-31(40)36(26)42/h7-24H,1-6H3. The maximum atomic E-state index is 6.77. The third kappa shape index (κ3) is 2.96. The molecular weight excluding hydrogens is 537 g/mol. The predicted octanol–water partition coefficient (Wildman–Crippen LogP) is 8.42. The van der Waals surface area contributed by atoms with Crippen LogP contribution in [-0.2, 0) is 20.1 Å². The van der Waals surface area contributed by atoms with Crippen LogP contribution in [0.25, 0.3) is 27.5 Å². The summed E-state index contributed by atoms with van der Waals surface area (Å²) in [7, 11) is -0.461. The number of rotatable bonds is 1. The van der Waals surface area contributed by atoms with Gasteiger partial charge in [-0.1, -0.05) is 111 Å². The van der Waals surface area contributed by atoms with Crippen molar-refractivity contribution in [2.75, 3.05) is 0 Å². The Hall–Kier alpha value is -4.12. The van der Waals surface area contributed by atoms with E-state index in [1.165, 1.54) is 60.9 Å². The normalized spacial score (nSPS) is 21.8. The Bertz CT molecular complexity index is 2170. The summed E-state index contributed by atoms with van der Waals surface area (Å²) in [5, 5.41) is 2.57. The Morgan fingerprint density at radius 2 is 1.09 bits per heavy atom. The zero-order valence-corrected chi connectivity index (χ0v) is 26.2. The fourth-order valence-electron chi connectivity index (χ4n) is 8.66. The Morgan fingerprint density at radius 3 is 1.86 bits per heavy atom. The lowest BCUT2D eigenvalue weighted by molar-refractivity contribution is 0.00578. The van der Waals surface area contributed by atoms with Crippen LogP contribution in [0.3, 0.4) is 0 Å². The van der Waals surface area contributed by atoms with E-state index < -0.39 is 23.7 Å². The van der Waals surface area contributed by atoms with Crippen molar-refractivity contribution in [3.8, 4) is 5.69 Å². The first kappa shape index (κ1) is 26.3. The van der Waals surface area contributed by atoms with Gasteiger partial charge >= 0.3 is 7.12 Å². The van der Waals surface area contributed by atoms with Crippen molar-refractivity contribution >= 4 is 34.4 Å². The molecule has 0 bridgehead atoms. The molecule has 44 heavy (non-hydrogen) atoms. The lowest BCUT2D eigenvalue weighted by atomic mass is 9.51. The average Bonchev–Trinajstić information content (AvgIpc) is 3.47. The molecule has 2 aliphatic heterocycles. The van der Waals surface area contributed by atoms with Gasteiger partial charge in [-0.3, -0.25) is 0 Å². The summed E-state index contributed by atoms with van der Waals surface area (Å²) in [5.41, 5.74) is 11.1. The lowest BCUT2D eigenvalue weighted by Gasteiger charge is -2.50. The van der Waals surface area contributed by atoms with Gasteiger partial charge in [0.2, 0.25) is 0 Å². The van der Waals surface area contributed by atoms with Crippen molar-refractivity contribution in [3.63, 3.8) is 0 Å². The topological polar surface area (TPSA) is 23.4 Å². The average molecular weight is 574 g/mol. The van der Waals surface area contributed by atoms with Crippen LogP contribution in [-0.4, -0.2) is 22.9 Å². The highest BCUT2D eigenvalue weighted by molar-refractivity contribution is 6.62. The van der Waals surface area contributed by atoms with Gasteiger partial charge in [0.25, 0.3) is 0 Å². The summed E-state index contributed by atoms with van der Waals surface area (Å²) < 4.78 is 16.0. The maximum Gasteiger partial charge on any atom is 0.495 e. The molecule has 3 heterocycles. The largest absolute Gasteiger partial charge is 0.495 e. The summed E-state index contributed by atoms with van der Waals surface area (Å²) in [6, 6.07) is 40.7. The highest BCUT2D eigenvalue weighted by Crippen LogP contribution is 2.60. The summed E-state index contributed by atoms with van der Waals surface area (Å²) in [6.07, 6.45) is 0. The van der Waals surface area contributed by atoms with Crippen molar-refractivity contribution in [2.45, 2.75) is 63.6 Å². The van der Waals surface area contributed by atoms with Crippen LogP contribution in [0.15, 0.2) is 109 Å². The van der Waals surface area contributed by atoms with E-state index in [2.05, 4.69) is 155 Å². The smallest absolute Gasteiger partial charge is 0.399 e. The summed E-state index contributed by atoms with van der Waals surface area (Å²) in [4.78, 5) is 0. The molecule has 6 aromatic rings. The van der Waals surface area contributed by atoms with E-state index in [0.29, 0.717) is 0 Å². The van der Waals surface area contributed by atoms with E-state index in [1.54, 1.807) is 0 Å². The van der Waals surface area contributed by atoms with Gasteiger partial charge in [0.05, 0.1) is 33.3 Å². The van der Waals surface area contributed by atoms with Crippen LogP contribution in [0.4, 0.5) is 0 Å². The first-order valence-corrected chi connectivity index (χ1v) is 15.8. The Labute approximate surface area is 259 Å². The Kier molecular flexibility index (Phi) is 4.98. The second kappa shape index (κ2) is 8.32. The maximum absolute atomic E-state index is 6.77. The minimum absolute atomic E-state index is 0.287. The van der Waals surface area contributed by atoms with Crippen molar-refractivity contribution in [1.29, 1.82) is 0 Å². The molecule has 3 nitrogen and oxygen atoms in total. The molecule has 4 heteroatoms. The number of para-hydroxylation sites is 3. The third-order valence-corrected chi connectivity index (χ3v) is 11.3. The SMILES string of the molecule is CC1(C)c2ccccc2C2(c3ccccc3-n3c4ccccc4c4cccc2c43)c2cccc(B3OC(C)(C)C(C)(C)O3)c21. The van der Waals surface area contributed by atoms with Crippen molar-refractivity contribution in [2.24, 2.45) is 0 Å². The van der Waals surface area contributed by atoms with Gasteiger partial charge in [-0.05, 0) is 78.7 Å². The van der Waals surface area contributed by atoms with Gasteiger partial charge < -0.3 is 13.9 Å². The highest BCUT2D eigenvalue weighted by atomic mass is 16.7. The van der Waals surface area contributed by atoms with Crippen LogP contribution < -0.4 is 5.46 Å². The number of fused-ring (bicyclic) bond motifs is 11. The van der Waals surface area contributed by atoms with Crippen LogP contribution in [0.5, 0.6) is 0 Å². The zero-order valence-electron chi connectivity index (χ0n) is 26.2. The second-order valence-corrected chi connectivity index (χ2v) is 14.4. The zero-order chi connectivity index (χ0) is 30.2. The molecule has 1 atom stereocenters. The van der Waals surface area contributed by atoms with E-state index >= 15 is 0 Å². The van der Waals surface area contributed by atoms with E-state index in [9.17, 15) is 0 Å². The van der Waals surface area contributed by atoms with Crippen LogP contribution in [0.2, 0.25) is 0 Å². The number of benzene rings is 5. The van der Waals surface area contributed by atoms with Crippen molar-refractivity contribution in [1.82, 2.24) is 4.57 Å². The third-order valence-electron chi connectivity index (χ3n) is 11.3. The van der Waals surface area contributed by atoms with Gasteiger partial charge in [-0.15, -0.1) is 0 Å². The van der Waals surface area contributed by atoms with E-state index in [-0.39, 0.29) is 5.41 Å². The molecular formula is C40H36BNO2. The molecule has 1 fully saturated rings. The Balaban J connectivity index is 1.48.